The van der Waals surface area contributed by atoms with E-state index in [0.717, 1.165) is 31.4 Å². The van der Waals surface area contributed by atoms with Gasteiger partial charge in [-0.2, -0.15) is 0 Å². The summed E-state index contributed by atoms with van der Waals surface area (Å²) in [6.07, 6.45) is 3.74. The Morgan fingerprint density at radius 2 is 1.81 bits per heavy atom. The SMILES string of the molecule is CCC(C)[C@H](NC(=O)[C@H]1CCCCN1C)C(=O)N(C)[C@H](C[C@@H](OC(C)=O)c1nc(C(=O)N[C@]2(C[C@H](C)C(=O)O)C[C@H]2c2ccccc2)cs1)C(C)C. The van der Waals surface area contributed by atoms with Crippen LogP contribution in [0.3, 0.4) is 0 Å². The lowest BCUT2D eigenvalue weighted by molar-refractivity contribution is -0.149. The Kier molecular flexibility index (Phi) is 14.0. The van der Waals surface area contributed by atoms with Crippen LogP contribution < -0.4 is 10.6 Å². The normalized spacial score (nSPS) is 23.1. The molecule has 2 aromatic rings. The Morgan fingerprint density at radius 1 is 1.12 bits per heavy atom. The van der Waals surface area contributed by atoms with E-state index in [2.05, 4.69) is 15.6 Å². The van der Waals surface area contributed by atoms with Gasteiger partial charge in [-0.05, 0) is 56.7 Å². The molecule has 1 saturated carbocycles. The molecule has 1 saturated heterocycles. The zero-order valence-corrected chi connectivity index (χ0v) is 32.7. The van der Waals surface area contributed by atoms with Gasteiger partial charge in [0.1, 0.15) is 16.7 Å². The van der Waals surface area contributed by atoms with E-state index in [1.807, 2.05) is 70.0 Å². The maximum Gasteiger partial charge on any atom is 0.306 e. The molecule has 2 fully saturated rings. The first-order valence-corrected chi connectivity index (χ1v) is 19.5. The maximum atomic E-state index is 14.2. The standard InChI is InChI=1S/C39H57N5O7S/c1-9-24(4)33(41-35(47)30-17-13-14-18-43(30)7)37(48)44(8)31(23(2)3)19-32(51-26(6)45)36-40-29(22-52-36)34(46)42-39(20-25(5)38(49)50)21-28(39)27-15-11-10-12-16-27/h10-12,15-16,22-25,28,30-33H,9,13-14,17-21H2,1-8H3,(H,41,47)(H,42,46)(H,49,50)/t24?,25-,28-,30+,31+,32+,33-,39+/m0/s1. The molecule has 52 heavy (non-hydrogen) atoms. The molecule has 2 aliphatic rings. The molecule has 1 aromatic heterocycles. The van der Waals surface area contributed by atoms with Crippen molar-refractivity contribution < 1.29 is 33.8 Å². The number of hydrogen-bond donors (Lipinski definition) is 3. The van der Waals surface area contributed by atoms with E-state index in [4.69, 9.17) is 4.74 Å². The molecule has 8 atom stereocenters. The molecular weight excluding hydrogens is 683 g/mol. The highest BCUT2D eigenvalue weighted by Gasteiger charge is 2.57. The molecule has 1 aliphatic heterocycles. The summed E-state index contributed by atoms with van der Waals surface area (Å²) >= 11 is 1.20. The van der Waals surface area contributed by atoms with E-state index in [9.17, 15) is 29.1 Å². The minimum atomic E-state index is -0.926. The number of amides is 3. The predicted molar refractivity (Wildman–Crippen MR) is 200 cm³/mol. The fourth-order valence-corrected chi connectivity index (χ4v) is 8.36. The van der Waals surface area contributed by atoms with Crippen LogP contribution in [0.2, 0.25) is 0 Å². The minimum Gasteiger partial charge on any atom is -0.481 e. The van der Waals surface area contributed by atoms with Crippen molar-refractivity contribution in [2.24, 2.45) is 17.8 Å². The summed E-state index contributed by atoms with van der Waals surface area (Å²) in [6.45, 7) is 11.7. The van der Waals surface area contributed by atoms with E-state index in [-0.39, 0.29) is 54.1 Å². The van der Waals surface area contributed by atoms with Gasteiger partial charge in [0.25, 0.3) is 5.91 Å². The number of thiazole rings is 1. The molecule has 12 nitrogen and oxygen atoms in total. The molecular formula is C39H57N5O7S. The zero-order chi connectivity index (χ0) is 38.3. The molecule has 3 amide bonds. The number of likely N-dealkylation sites (tertiary alicyclic amines) is 1. The Hall–Kier alpha value is -3.84. The number of carboxylic acid groups (broad SMARTS) is 1. The Balaban J connectivity index is 1.53. The monoisotopic (exact) mass is 739 g/mol. The molecule has 0 radical (unpaired) electrons. The number of nitrogens with one attached hydrogen (secondary N) is 2. The van der Waals surface area contributed by atoms with Crippen molar-refractivity contribution >= 4 is 41.0 Å². The largest absolute Gasteiger partial charge is 0.481 e. The second-order valence-electron chi connectivity index (χ2n) is 15.3. The number of rotatable bonds is 17. The highest BCUT2D eigenvalue weighted by Crippen LogP contribution is 2.55. The van der Waals surface area contributed by atoms with Crippen molar-refractivity contribution in [2.45, 2.75) is 122 Å². The lowest BCUT2D eigenvalue weighted by Crippen LogP contribution is -2.58. The van der Waals surface area contributed by atoms with Gasteiger partial charge in [0.2, 0.25) is 11.8 Å². The molecule has 1 aromatic carbocycles. The Bertz CT molecular complexity index is 1570. The number of carbonyl (C=O) groups is 5. The molecule has 0 bridgehead atoms. The fraction of sp³-hybridized carbons (Fsp3) is 0.641. The van der Waals surface area contributed by atoms with Crippen LogP contribution in [0.4, 0.5) is 0 Å². The second-order valence-corrected chi connectivity index (χ2v) is 16.1. The van der Waals surface area contributed by atoms with Crippen molar-refractivity contribution in [2.75, 3.05) is 20.6 Å². The number of aromatic nitrogens is 1. The summed E-state index contributed by atoms with van der Waals surface area (Å²) in [6, 6.07) is 8.34. The van der Waals surface area contributed by atoms with E-state index in [1.54, 1.807) is 24.3 Å². The average Bonchev–Trinajstić information content (AvgIpc) is 3.56. The van der Waals surface area contributed by atoms with Crippen molar-refractivity contribution in [3.05, 3.63) is 52.0 Å². The van der Waals surface area contributed by atoms with Crippen LogP contribution in [0, 0.1) is 17.8 Å². The molecule has 13 heteroatoms. The van der Waals surface area contributed by atoms with E-state index in [0.29, 0.717) is 17.8 Å². The van der Waals surface area contributed by atoms with Gasteiger partial charge < -0.3 is 25.4 Å². The summed E-state index contributed by atoms with van der Waals surface area (Å²) < 4.78 is 5.79. The van der Waals surface area contributed by atoms with Gasteiger partial charge in [-0.1, -0.05) is 77.8 Å². The third kappa shape index (κ3) is 9.97. The average molecular weight is 740 g/mol. The first kappa shape index (κ1) is 40.9. The lowest BCUT2D eigenvalue weighted by atomic mass is 9.92. The van der Waals surface area contributed by atoms with Gasteiger partial charge in [-0.3, -0.25) is 28.9 Å². The van der Waals surface area contributed by atoms with E-state index < -0.39 is 47.5 Å². The highest BCUT2D eigenvalue weighted by molar-refractivity contribution is 7.09. The first-order valence-electron chi connectivity index (χ1n) is 18.6. The van der Waals surface area contributed by atoms with Crippen LogP contribution in [0.5, 0.6) is 0 Å². The number of ether oxygens (including phenoxy) is 1. The minimum absolute atomic E-state index is 0.0289. The molecule has 1 unspecified atom stereocenters. The number of likely N-dealkylation sites (N-methyl/N-ethyl adjacent to an activating group) is 2. The fourth-order valence-electron chi connectivity index (χ4n) is 7.52. The van der Waals surface area contributed by atoms with Crippen LogP contribution in [0.15, 0.2) is 35.7 Å². The van der Waals surface area contributed by atoms with Crippen LogP contribution in [-0.2, 0) is 23.9 Å². The first-order chi connectivity index (χ1) is 24.6. The van der Waals surface area contributed by atoms with Gasteiger partial charge in [-0.15, -0.1) is 11.3 Å². The number of nitrogens with zero attached hydrogens (tertiary/aromatic N) is 3. The van der Waals surface area contributed by atoms with Crippen LogP contribution in [-0.4, -0.2) is 93.9 Å². The van der Waals surface area contributed by atoms with E-state index in [1.165, 1.54) is 18.3 Å². The Labute approximate surface area is 312 Å². The number of aliphatic carboxylic acids is 1. The Morgan fingerprint density at radius 3 is 2.40 bits per heavy atom. The van der Waals surface area contributed by atoms with Crippen molar-refractivity contribution in [1.29, 1.82) is 0 Å². The van der Waals surface area contributed by atoms with Crippen molar-refractivity contribution in [1.82, 2.24) is 25.4 Å². The van der Waals surface area contributed by atoms with Crippen molar-refractivity contribution in [3.8, 4) is 0 Å². The molecule has 4 rings (SSSR count). The van der Waals surface area contributed by atoms with Gasteiger partial charge >= 0.3 is 11.9 Å². The summed E-state index contributed by atoms with van der Waals surface area (Å²) in [7, 11) is 3.67. The van der Waals surface area contributed by atoms with Gasteiger partial charge in [0.05, 0.1) is 12.0 Å². The van der Waals surface area contributed by atoms with Crippen LogP contribution >= 0.6 is 11.3 Å². The zero-order valence-electron chi connectivity index (χ0n) is 31.9. The number of benzene rings is 1. The number of esters is 1. The summed E-state index contributed by atoms with van der Waals surface area (Å²) in [5.41, 5.74) is 0.454. The lowest BCUT2D eigenvalue weighted by Gasteiger charge is -2.38. The third-order valence-electron chi connectivity index (χ3n) is 11.0. The van der Waals surface area contributed by atoms with Gasteiger partial charge in [-0.25, -0.2) is 4.98 Å². The second kappa shape index (κ2) is 17.8. The maximum absolute atomic E-state index is 14.2. The van der Waals surface area contributed by atoms with E-state index >= 15 is 0 Å². The number of hydrogen-bond acceptors (Lipinski definition) is 9. The highest BCUT2D eigenvalue weighted by atomic mass is 32.1. The third-order valence-corrected chi connectivity index (χ3v) is 11.9. The number of piperidine rings is 1. The molecule has 1 aliphatic carbocycles. The van der Waals surface area contributed by atoms with Crippen LogP contribution in [0.25, 0.3) is 0 Å². The molecule has 2 heterocycles. The molecule has 3 N–H and O–H groups in total. The summed E-state index contributed by atoms with van der Waals surface area (Å²) in [5.74, 6) is -3.07. The molecule has 286 valence electrons. The quantitative estimate of drug-likeness (QED) is 0.181. The topological polar surface area (TPSA) is 158 Å². The van der Waals surface area contributed by atoms with Crippen molar-refractivity contribution in [3.63, 3.8) is 0 Å². The predicted octanol–water partition coefficient (Wildman–Crippen LogP) is 5.40. The number of carboxylic acids is 1. The van der Waals surface area contributed by atoms with Gasteiger partial charge in [0, 0.05) is 43.3 Å². The summed E-state index contributed by atoms with van der Waals surface area (Å²) in [5, 5.41) is 17.9. The number of carbonyl (C=O) groups excluding carboxylic acids is 4. The van der Waals surface area contributed by atoms with Gasteiger partial charge in [0.15, 0.2) is 6.10 Å². The smallest absolute Gasteiger partial charge is 0.306 e. The van der Waals surface area contributed by atoms with Crippen LogP contribution in [0.1, 0.15) is 120 Å². The summed E-state index contributed by atoms with van der Waals surface area (Å²) in [4.78, 5) is 73.8. The molecule has 0 spiro atoms.